The minimum absolute atomic E-state index is 0.251. The molecular weight excluding hydrogens is 184 g/mol. The number of rotatable bonds is 2. The Morgan fingerprint density at radius 3 is 2.38 bits per heavy atom. The van der Waals surface area contributed by atoms with Crippen LogP contribution in [0.2, 0.25) is 0 Å². The smallest absolute Gasteiger partial charge is 0.200 e. The molecule has 0 atom stereocenters. The summed E-state index contributed by atoms with van der Waals surface area (Å²) in [5.41, 5.74) is 0. The van der Waals surface area contributed by atoms with E-state index in [1.54, 1.807) is 18.2 Å². The predicted octanol–water partition coefficient (Wildman–Crippen LogP) is 1.61. The SMILES string of the molecule is C#C/C=C/S(=O)(=O)c1ccccc1. The minimum Gasteiger partial charge on any atom is -0.219 e. The van der Waals surface area contributed by atoms with Crippen molar-refractivity contribution in [1.82, 2.24) is 0 Å². The second kappa shape index (κ2) is 3.92. The Hall–Kier alpha value is -1.53. The number of terminal acetylenes is 1. The van der Waals surface area contributed by atoms with Crippen LogP contribution < -0.4 is 0 Å². The van der Waals surface area contributed by atoms with Gasteiger partial charge in [0.15, 0.2) is 9.84 Å². The molecule has 0 bridgehead atoms. The number of allylic oxidation sites excluding steroid dienone is 1. The van der Waals surface area contributed by atoms with Gasteiger partial charge in [0.05, 0.1) is 4.90 Å². The topological polar surface area (TPSA) is 34.1 Å². The summed E-state index contributed by atoms with van der Waals surface area (Å²) < 4.78 is 22.8. The maximum Gasteiger partial charge on any atom is 0.200 e. The maximum absolute atomic E-state index is 11.4. The van der Waals surface area contributed by atoms with Crippen LogP contribution >= 0.6 is 0 Å². The largest absolute Gasteiger partial charge is 0.219 e. The Morgan fingerprint density at radius 1 is 1.23 bits per heavy atom. The van der Waals surface area contributed by atoms with Gasteiger partial charge < -0.3 is 0 Å². The lowest BCUT2D eigenvalue weighted by atomic mass is 10.4. The molecule has 13 heavy (non-hydrogen) atoms. The molecule has 66 valence electrons. The van der Waals surface area contributed by atoms with E-state index in [9.17, 15) is 8.42 Å². The van der Waals surface area contributed by atoms with Crippen LogP contribution in [0.15, 0.2) is 46.7 Å². The van der Waals surface area contributed by atoms with Gasteiger partial charge in [0.25, 0.3) is 0 Å². The van der Waals surface area contributed by atoms with Gasteiger partial charge in [-0.1, -0.05) is 24.1 Å². The zero-order valence-corrected chi connectivity index (χ0v) is 7.66. The number of sulfone groups is 1. The van der Waals surface area contributed by atoms with Crippen LogP contribution in [0.5, 0.6) is 0 Å². The second-order valence-corrected chi connectivity index (χ2v) is 4.16. The molecule has 0 N–H and O–H groups in total. The molecule has 0 fully saturated rings. The van der Waals surface area contributed by atoms with Gasteiger partial charge in [-0.25, -0.2) is 8.42 Å². The fourth-order valence-corrected chi connectivity index (χ4v) is 1.77. The van der Waals surface area contributed by atoms with Crippen molar-refractivity contribution >= 4 is 9.84 Å². The first-order valence-corrected chi connectivity index (χ1v) is 5.14. The molecule has 0 saturated carbocycles. The molecular formula is C10H8O2S. The van der Waals surface area contributed by atoms with E-state index in [1.165, 1.54) is 18.2 Å². The van der Waals surface area contributed by atoms with E-state index in [2.05, 4.69) is 5.92 Å². The summed E-state index contributed by atoms with van der Waals surface area (Å²) in [6, 6.07) is 8.13. The van der Waals surface area contributed by atoms with Crippen LogP contribution in [0.25, 0.3) is 0 Å². The summed E-state index contributed by atoms with van der Waals surface area (Å²) in [7, 11) is -3.35. The number of hydrogen-bond acceptors (Lipinski definition) is 2. The Morgan fingerprint density at radius 2 is 1.85 bits per heavy atom. The van der Waals surface area contributed by atoms with E-state index in [0.717, 1.165) is 5.41 Å². The Balaban J connectivity index is 3.11. The summed E-state index contributed by atoms with van der Waals surface area (Å²) in [4.78, 5) is 0.251. The first-order chi connectivity index (χ1) is 6.17. The summed E-state index contributed by atoms with van der Waals surface area (Å²) in [5.74, 6) is 2.13. The van der Waals surface area contributed by atoms with E-state index >= 15 is 0 Å². The highest BCUT2D eigenvalue weighted by atomic mass is 32.2. The van der Waals surface area contributed by atoms with Gasteiger partial charge in [-0.3, -0.25) is 0 Å². The highest BCUT2D eigenvalue weighted by Gasteiger charge is 2.07. The summed E-state index contributed by atoms with van der Waals surface area (Å²) in [6.07, 6.45) is 6.08. The van der Waals surface area contributed by atoms with Gasteiger partial charge >= 0.3 is 0 Å². The predicted molar refractivity (Wildman–Crippen MR) is 51.6 cm³/mol. The molecule has 0 heterocycles. The molecule has 1 aromatic carbocycles. The zero-order chi connectivity index (χ0) is 9.73. The van der Waals surface area contributed by atoms with Crippen molar-refractivity contribution in [3.63, 3.8) is 0 Å². The van der Waals surface area contributed by atoms with Crippen molar-refractivity contribution < 1.29 is 8.42 Å². The number of hydrogen-bond donors (Lipinski definition) is 0. The van der Waals surface area contributed by atoms with Crippen molar-refractivity contribution in [2.45, 2.75) is 4.90 Å². The molecule has 2 nitrogen and oxygen atoms in total. The lowest BCUT2D eigenvalue weighted by molar-refractivity contribution is 0.604. The first kappa shape index (κ1) is 9.56. The molecule has 1 rings (SSSR count). The Bertz CT molecular complexity index is 436. The molecule has 0 unspecified atom stereocenters. The molecule has 0 aliphatic rings. The molecule has 1 aromatic rings. The molecule has 3 heteroatoms. The van der Waals surface area contributed by atoms with Crippen LogP contribution in [0.1, 0.15) is 0 Å². The van der Waals surface area contributed by atoms with Crippen molar-refractivity contribution in [1.29, 1.82) is 0 Å². The highest BCUT2D eigenvalue weighted by Crippen LogP contribution is 2.10. The van der Waals surface area contributed by atoms with Gasteiger partial charge in [-0.2, -0.15) is 0 Å². The van der Waals surface area contributed by atoms with Crippen molar-refractivity contribution in [2.24, 2.45) is 0 Å². The summed E-state index contributed by atoms with van der Waals surface area (Å²) in [6.45, 7) is 0. The third kappa shape index (κ3) is 2.46. The fraction of sp³-hybridized carbons (Fsp3) is 0. The molecule has 0 aromatic heterocycles. The Kier molecular flexibility index (Phi) is 2.88. The fourth-order valence-electron chi connectivity index (χ4n) is 0.818. The Labute approximate surface area is 77.8 Å². The van der Waals surface area contributed by atoms with Gasteiger partial charge in [0.2, 0.25) is 0 Å². The molecule has 0 saturated heterocycles. The van der Waals surface area contributed by atoms with Gasteiger partial charge in [0, 0.05) is 5.41 Å². The summed E-state index contributed by atoms with van der Waals surface area (Å²) >= 11 is 0. The van der Waals surface area contributed by atoms with E-state index < -0.39 is 9.84 Å². The third-order valence-electron chi connectivity index (χ3n) is 1.42. The normalized spacial score (nSPS) is 11.3. The third-order valence-corrected chi connectivity index (χ3v) is 2.84. The maximum atomic E-state index is 11.4. The van der Waals surface area contributed by atoms with E-state index in [-0.39, 0.29) is 4.90 Å². The average Bonchev–Trinajstić information content (AvgIpc) is 2.16. The van der Waals surface area contributed by atoms with Crippen molar-refractivity contribution in [2.75, 3.05) is 0 Å². The molecule has 0 spiro atoms. The van der Waals surface area contributed by atoms with Crippen LogP contribution in [-0.2, 0) is 9.84 Å². The minimum atomic E-state index is -3.35. The lowest BCUT2D eigenvalue weighted by Gasteiger charge is -1.95. The van der Waals surface area contributed by atoms with Gasteiger partial charge in [0.1, 0.15) is 0 Å². The monoisotopic (exact) mass is 192 g/mol. The quantitative estimate of drug-likeness (QED) is 0.667. The van der Waals surface area contributed by atoms with E-state index in [0.29, 0.717) is 0 Å². The average molecular weight is 192 g/mol. The van der Waals surface area contributed by atoms with Crippen molar-refractivity contribution in [3.05, 3.63) is 41.8 Å². The van der Waals surface area contributed by atoms with Crippen molar-refractivity contribution in [3.8, 4) is 12.3 Å². The van der Waals surface area contributed by atoms with Gasteiger partial charge in [-0.15, -0.1) is 6.42 Å². The zero-order valence-electron chi connectivity index (χ0n) is 6.84. The molecule has 0 aliphatic heterocycles. The standard InChI is InChI=1S/C10H8O2S/c1-2-3-9-13(11,12)10-7-5-4-6-8-10/h1,3-9H/b9-3+. The van der Waals surface area contributed by atoms with Crippen LogP contribution in [-0.4, -0.2) is 8.42 Å². The molecule has 0 amide bonds. The van der Waals surface area contributed by atoms with E-state index in [1.807, 2.05) is 0 Å². The van der Waals surface area contributed by atoms with Gasteiger partial charge in [-0.05, 0) is 18.2 Å². The molecule has 0 radical (unpaired) electrons. The van der Waals surface area contributed by atoms with E-state index in [4.69, 9.17) is 6.42 Å². The van der Waals surface area contributed by atoms with Crippen LogP contribution in [0, 0.1) is 12.3 Å². The summed E-state index contributed by atoms with van der Waals surface area (Å²) in [5, 5.41) is 1.02. The lowest BCUT2D eigenvalue weighted by Crippen LogP contribution is -1.94. The highest BCUT2D eigenvalue weighted by molar-refractivity contribution is 7.94. The first-order valence-electron chi connectivity index (χ1n) is 3.59. The number of benzene rings is 1. The van der Waals surface area contributed by atoms with Crippen LogP contribution in [0.4, 0.5) is 0 Å². The molecule has 0 aliphatic carbocycles. The second-order valence-electron chi connectivity index (χ2n) is 2.33. The van der Waals surface area contributed by atoms with Crippen LogP contribution in [0.3, 0.4) is 0 Å².